The Bertz CT molecular complexity index is 589. The Morgan fingerprint density at radius 3 is 2.61 bits per heavy atom. The summed E-state index contributed by atoms with van der Waals surface area (Å²) in [5.74, 6) is 1.97. The molecule has 2 aromatic heterocycles. The van der Waals surface area contributed by atoms with E-state index in [2.05, 4.69) is 41.2 Å². The van der Waals surface area contributed by atoms with Crippen molar-refractivity contribution >= 4 is 68.7 Å². The molecule has 2 aromatic rings. The van der Waals surface area contributed by atoms with Crippen LogP contribution in [0.2, 0.25) is 0 Å². The highest BCUT2D eigenvalue weighted by Crippen LogP contribution is 2.30. The van der Waals surface area contributed by atoms with Crippen LogP contribution in [0, 0.1) is 0 Å². The monoisotopic (exact) mass is 365 g/mol. The molecule has 0 amide bonds. The van der Waals surface area contributed by atoms with Gasteiger partial charge in [0.05, 0.1) is 4.47 Å². The molecular formula is C11H12BrNO2S3. The van der Waals surface area contributed by atoms with Crippen LogP contribution in [0.4, 0.5) is 5.88 Å². The Hall–Kier alpha value is -0.110. The maximum absolute atomic E-state index is 12.0. The SMILES string of the molecule is O=c1cc(N(CCS)CCS)oc2c(Br)csc12. The van der Waals surface area contributed by atoms with Crippen molar-refractivity contribution in [3.05, 3.63) is 26.1 Å². The zero-order valence-corrected chi connectivity index (χ0v) is 13.6. The van der Waals surface area contributed by atoms with Gasteiger partial charge in [-0.1, -0.05) is 0 Å². The van der Waals surface area contributed by atoms with Gasteiger partial charge in [0, 0.05) is 36.0 Å². The van der Waals surface area contributed by atoms with Crippen molar-refractivity contribution in [2.24, 2.45) is 0 Å². The number of hydrogen-bond donors (Lipinski definition) is 2. The average Bonchev–Trinajstić information content (AvgIpc) is 2.72. The van der Waals surface area contributed by atoms with Crippen LogP contribution in [0.25, 0.3) is 10.3 Å². The summed E-state index contributed by atoms with van der Waals surface area (Å²) in [6, 6.07) is 1.54. The highest BCUT2D eigenvalue weighted by molar-refractivity contribution is 9.10. The van der Waals surface area contributed by atoms with Gasteiger partial charge in [0.2, 0.25) is 5.43 Å². The lowest BCUT2D eigenvalue weighted by molar-refractivity contribution is 0.579. The molecule has 0 bridgehead atoms. The lowest BCUT2D eigenvalue weighted by Gasteiger charge is -2.21. The first-order valence-corrected chi connectivity index (χ1v) is 8.28. The minimum Gasteiger partial charge on any atom is -0.438 e. The topological polar surface area (TPSA) is 33.5 Å². The Kier molecular flexibility index (Phi) is 5.06. The number of rotatable bonds is 5. The third kappa shape index (κ3) is 2.89. The van der Waals surface area contributed by atoms with E-state index in [0.717, 1.165) is 17.6 Å². The quantitative estimate of drug-likeness (QED) is 0.797. The zero-order valence-electron chi connectivity index (χ0n) is 9.43. The molecule has 0 radical (unpaired) electrons. The molecule has 0 aromatic carbocycles. The van der Waals surface area contributed by atoms with Crippen LogP contribution in [0.1, 0.15) is 0 Å². The fourth-order valence-electron chi connectivity index (χ4n) is 1.63. The molecule has 0 fully saturated rings. The second kappa shape index (κ2) is 6.36. The van der Waals surface area contributed by atoms with Crippen molar-refractivity contribution in [2.75, 3.05) is 29.5 Å². The molecule has 0 N–H and O–H groups in total. The Balaban J connectivity index is 2.49. The van der Waals surface area contributed by atoms with Crippen molar-refractivity contribution in [1.82, 2.24) is 0 Å². The predicted octanol–water partition coefficient (Wildman–Crippen LogP) is 3.28. The van der Waals surface area contributed by atoms with E-state index < -0.39 is 0 Å². The highest BCUT2D eigenvalue weighted by atomic mass is 79.9. The van der Waals surface area contributed by atoms with E-state index in [9.17, 15) is 4.79 Å². The summed E-state index contributed by atoms with van der Waals surface area (Å²) in [6.45, 7) is 1.44. The molecule has 98 valence electrons. The molecule has 0 saturated carbocycles. The fourth-order valence-corrected chi connectivity index (χ4v) is 3.57. The first kappa shape index (κ1) is 14.3. The number of thiol groups is 2. The van der Waals surface area contributed by atoms with Crippen LogP contribution in [-0.4, -0.2) is 24.6 Å². The second-order valence-corrected chi connectivity index (χ2v) is 6.25. The molecule has 2 heterocycles. The number of fused-ring (bicyclic) bond motifs is 1. The molecule has 0 saturated heterocycles. The van der Waals surface area contributed by atoms with Gasteiger partial charge in [-0.15, -0.1) is 11.3 Å². The van der Waals surface area contributed by atoms with Gasteiger partial charge in [0.1, 0.15) is 4.70 Å². The van der Waals surface area contributed by atoms with Crippen molar-refractivity contribution in [3.8, 4) is 0 Å². The van der Waals surface area contributed by atoms with Crippen molar-refractivity contribution in [3.63, 3.8) is 0 Å². The summed E-state index contributed by atoms with van der Waals surface area (Å²) in [6.07, 6.45) is 0. The summed E-state index contributed by atoms with van der Waals surface area (Å²) in [4.78, 5) is 14.0. The van der Waals surface area contributed by atoms with Crippen LogP contribution in [-0.2, 0) is 0 Å². The van der Waals surface area contributed by atoms with Gasteiger partial charge in [-0.25, -0.2) is 0 Å². The Morgan fingerprint density at radius 2 is 2.00 bits per heavy atom. The predicted molar refractivity (Wildman–Crippen MR) is 88.0 cm³/mol. The molecule has 2 rings (SSSR count). The number of thiophene rings is 1. The molecule has 0 spiro atoms. The molecule has 18 heavy (non-hydrogen) atoms. The van der Waals surface area contributed by atoms with Gasteiger partial charge in [-0.2, -0.15) is 25.3 Å². The molecule has 0 atom stereocenters. The van der Waals surface area contributed by atoms with E-state index >= 15 is 0 Å². The molecule has 0 aliphatic rings. The van der Waals surface area contributed by atoms with E-state index in [0.29, 0.717) is 27.7 Å². The highest BCUT2D eigenvalue weighted by Gasteiger charge is 2.14. The van der Waals surface area contributed by atoms with Crippen molar-refractivity contribution in [1.29, 1.82) is 0 Å². The van der Waals surface area contributed by atoms with Crippen LogP contribution in [0.5, 0.6) is 0 Å². The van der Waals surface area contributed by atoms with Gasteiger partial charge in [-0.05, 0) is 15.9 Å². The third-order valence-electron chi connectivity index (χ3n) is 2.44. The third-order valence-corrected chi connectivity index (χ3v) is 4.71. The summed E-state index contributed by atoms with van der Waals surface area (Å²) in [5.41, 5.74) is 0.608. The molecule has 3 nitrogen and oxygen atoms in total. The van der Waals surface area contributed by atoms with Crippen molar-refractivity contribution < 1.29 is 4.42 Å². The number of anilines is 1. The van der Waals surface area contributed by atoms with Gasteiger partial charge in [-0.3, -0.25) is 4.79 Å². The van der Waals surface area contributed by atoms with E-state index in [-0.39, 0.29) is 5.43 Å². The largest absolute Gasteiger partial charge is 0.438 e. The lowest BCUT2D eigenvalue weighted by atomic mass is 10.4. The first-order chi connectivity index (χ1) is 8.67. The molecule has 0 unspecified atom stereocenters. The number of halogens is 1. The van der Waals surface area contributed by atoms with Crippen LogP contribution < -0.4 is 10.3 Å². The molecule has 0 aliphatic heterocycles. The summed E-state index contributed by atoms with van der Waals surface area (Å²) in [7, 11) is 0. The van der Waals surface area contributed by atoms with E-state index in [1.807, 2.05) is 10.3 Å². The van der Waals surface area contributed by atoms with Crippen LogP contribution >= 0.6 is 52.5 Å². The van der Waals surface area contributed by atoms with Gasteiger partial charge >= 0.3 is 0 Å². The number of hydrogen-bond acceptors (Lipinski definition) is 6. The normalized spacial score (nSPS) is 11.1. The van der Waals surface area contributed by atoms with Crippen LogP contribution in [0.15, 0.2) is 25.1 Å². The maximum Gasteiger partial charge on any atom is 0.204 e. The summed E-state index contributed by atoms with van der Waals surface area (Å²) >= 11 is 13.2. The summed E-state index contributed by atoms with van der Waals surface area (Å²) in [5, 5.41) is 1.86. The van der Waals surface area contributed by atoms with Crippen LogP contribution in [0.3, 0.4) is 0 Å². The fraction of sp³-hybridized carbons (Fsp3) is 0.364. The van der Waals surface area contributed by atoms with Gasteiger partial charge in [0.25, 0.3) is 0 Å². The van der Waals surface area contributed by atoms with E-state index in [1.54, 1.807) is 0 Å². The zero-order chi connectivity index (χ0) is 13.1. The molecule has 0 aliphatic carbocycles. The smallest absolute Gasteiger partial charge is 0.204 e. The average molecular weight is 366 g/mol. The Morgan fingerprint density at radius 1 is 1.33 bits per heavy atom. The lowest BCUT2D eigenvalue weighted by Crippen LogP contribution is -2.28. The maximum atomic E-state index is 12.0. The molecule has 7 heteroatoms. The van der Waals surface area contributed by atoms with Gasteiger partial charge in [0.15, 0.2) is 11.5 Å². The van der Waals surface area contributed by atoms with E-state index in [4.69, 9.17) is 4.42 Å². The summed E-state index contributed by atoms with van der Waals surface area (Å²) < 4.78 is 7.26. The molecular weight excluding hydrogens is 354 g/mol. The second-order valence-electron chi connectivity index (χ2n) is 3.63. The number of nitrogens with zero attached hydrogens (tertiary/aromatic N) is 1. The standard InChI is InChI=1S/C11H12BrNO2S3/c12-7-6-18-11-8(14)5-9(15-10(7)11)13(1-3-16)2-4-17/h5-6,16-17H,1-4H2. The minimum atomic E-state index is -0.00900. The Labute approximate surface area is 128 Å². The van der Waals surface area contributed by atoms with Gasteiger partial charge < -0.3 is 9.32 Å². The van der Waals surface area contributed by atoms with E-state index in [1.165, 1.54) is 17.4 Å². The first-order valence-electron chi connectivity index (χ1n) is 5.35. The van der Waals surface area contributed by atoms with Crippen molar-refractivity contribution in [2.45, 2.75) is 0 Å². The minimum absolute atomic E-state index is 0.00900.